The number of pyridine rings is 2. The number of carbonyl (C=O) groups excluding carboxylic acids is 1. The minimum absolute atomic E-state index is 0.108. The molecule has 3 aromatic heterocycles. The van der Waals surface area contributed by atoms with Gasteiger partial charge in [0.05, 0.1) is 46.1 Å². The summed E-state index contributed by atoms with van der Waals surface area (Å²) >= 11 is 0. The highest BCUT2D eigenvalue weighted by atomic mass is 19.1. The van der Waals surface area contributed by atoms with Crippen molar-refractivity contribution in [1.29, 1.82) is 0 Å². The van der Waals surface area contributed by atoms with E-state index >= 15 is 0 Å². The molecule has 7 nitrogen and oxygen atoms in total. The van der Waals surface area contributed by atoms with E-state index in [-0.39, 0.29) is 11.4 Å². The maximum atomic E-state index is 14.8. The lowest BCUT2D eigenvalue weighted by Gasteiger charge is -2.25. The third kappa shape index (κ3) is 3.04. The predicted octanol–water partition coefficient (Wildman–Crippen LogP) is 3.21. The second-order valence-corrected chi connectivity index (χ2v) is 6.87. The number of nitrogens with two attached hydrogens (primary N) is 1. The molecular weight excluding hydrogens is 378 g/mol. The monoisotopic (exact) mass is 396 g/mol. The molecule has 2 N–H and O–H groups in total. The van der Waals surface area contributed by atoms with E-state index in [9.17, 15) is 13.6 Å². The van der Waals surface area contributed by atoms with Gasteiger partial charge in [-0.1, -0.05) is 0 Å². The van der Waals surface area contributed by atoms with Gasteiger partial charge in [0.15, 0.2) is 0 Å². The molecule has 1 atom stereocenters. The lowest BCUT2D eigenvalue weighted by molar-refractivity contribution is 0.0735. The van der Waals surface area contributed by atoms with Gasteiger partial charge in [0, 0.05) is 25.5 Å². The van der Waals surface area contributed by atoms with Crippen LogP contribution in [0.25, 0.3) is 21.8 Å². The molecule has 0 aliphatic rings. The molecule has 0 bridgehead atoms. The first kappa shape index (κ1) is 18.7. The van der Waals surface area contributed by atoms with Gasteiger partial charge in [-0.25, -0.2) is 13.8 Å². The molecule has 4 aromatic rings. The van der Waals surface area contributed by atoms with Crippen molar-refractivity contribution in [3.05, 3.63) is 59.6 Å². The first-order valence-electron chi connectivity index (χ1n) is 8.87. The van der Waals surface area contributed by atoms with Gasteiger partial charge >= 0.3 is 0 Å². The summed E-state index contributed by atoms with van der Waals surface area (Å²) in [6.45, 7) is 1.73. The molecule has 0 spiro atoms. The Morgan fingerprint density at radius 1 is 1.21 bits per heavy atom. The molecular formula is C20H18F2N6O. The molecule has 29 heavy (non-hydrogen) atoms. The van der Waals surface area contributed by atoms with E-state index in [0.29, 0.717) is 27.5 Å². The Kier molecular flexibility index (Phi) is 4.37. The van der Waals surface area contributed by atoms with Crippen LogP contribution < -0.4 is 5.73 Å². The molecule has 0 aliphatic carbocycles. The molecule has 3 heterocycles. The minimum atomic E-state index is -0.706. The van der Waals surface area contributed by atoms with Gasteiger partial charge in [0.2, 0.25) is 0 Å². The van der Waals surface area contributed by atoms with E-state index in [1.54, 1.807) is 31.9 Å². The number of hydrogen-bond donors (Lipinski definition) is 1. The summed E-state index contributed by atoms with van der Waals surface area (Å²) in [5, 5.41) is 5.38. The zero-order valence-electron chi connectivity index (χ0n) is 16.0. The highest BCUT2D eigenvalue weighted by molar-refractivity contribution is 6.10. The normalized spacial score (nSPS) is 12.4. The lowest BCUT2D eigenvalue weighted by atomic mass is 10.1. The number of rotatable bonds is 3. The van der Waals surface area contributed by atoms with Crippen LogP contribution in [0.2, 0.25) is 0 Å². The Labute approximate surface area is 164 Å². The first-order valence-corrected chi connectivity index (χ1v) is 8.87. The Balaban J connectivity index is 1.80. The lowest BCUT2D eigenvalue weighted by Crippen LogP contribution is -2.30. The van der Waals surface area contributed by atoms with Gasteiger partial charge in [-0.2, -0.15) is 5.10 Å². The number of hydrogen-bond acceptors (Lipinski definition) is 5. The molecule has 9 heteroatoms. The third-order valence-electron chi connectivity index (χ3n) is 5.11. The Morgan fingerprint density at radius 3 is 2.66 bits per heavy atom. The van der Waals surface area contributed by atoms with Crippen LogP contribution in [0.1, 0.15) is 29.0 Å². The van der Waals surface area contributed by atoms with Crippen molar-refractivity contribution in [2.45, 2.75) is 13.0 Å². The fourth-order valence-corrected chi connectivity index (χ4v) is 3.34. The summed E-state index contributed by atoms with van der Waals surface area (Å²) in [6, 6.07) is 4.93. The van der Waals surface area contributed by atoms with Gasteiger partial charge in [-0.15, -0.1) is 0 Å². The van der Waals surface area contributed by atoms with Gasteiger partial charge < -0.3 is 10.6 Å². The van der Waals surface area contributed by atoms with Gasteiger partial charge in [0.1, 0.15) is 17.5 Å². The minimum Gasteiger partial charge on any atom is -0.383 e. The van der Waals surface area contributed by atoms with Gasteiger partial charge in [-0.3, -0.25) is 14.5 Å². The van der Waals surface area contributed by atoms with E-state index in [1.807, 2.05) is 0 Å². The summed E-state index contributed by atoms with van der Waals surface area (Å²) < 4.78 is 29.5. The zero-order valence-corrected chi connectivity index (χ0v) is 16.0. The molecule has 4 rings (SSSR count). The van der Waals surface area contributed by atoms with Crippen molar-refractivity contribution in [1.82, 2.24) is 24.6 Å². The molecule has 0 radical (unpaired) electrons. The van der Waals surface area contributed by atoms with Crippen LogP contribution in [0.5, 0.6) is 0 Å². The summed E-state index contributed by atoms with van der Waals surface area (Å²) in [4.78, 5) is 22.6. The first-order chi connectivity index (χ1) is 13.8. The van der Waals surface area contributed by atoms with E-state index in [4.69, 9.17) is 5.73 Å². The van der Waals surface area contributed by atoms with Crippen molar-refractivity contribution in [3.8, 4) is 0 Å². The fraction of sp³-hybridized carbons (Fsp3) is 0.200. The number of fused-ring (bicyclic) bond motifs is 3. The Hall–Kier alpha value is -3.62. The van der Waals surface area contributed by atoms with E-state index in [0.717, 1.165) is 6.20 Å². The fourth-order valence-electron chi connectivity index (χ4n) is 3.34. The van der Waals surface area contributed by atoms with E-state index in [1.165, 1.54) is 29.2 Å². The topological polar surface area (TPSA) is 89.9 Å². The maximum absolute atomic E-state index is 14.8. The van der Waals surface area contributed by atoms with Crippen LogP contribution in [-0.4, -0.2) is 37.6 Å². The highest BCUT2D eigenvalue weighted by Gasteiger charge is 2.24. The molecule has 0 aliphatic heterocycles. The quantitative estimate of drug-likeness (QED) is 0.574. The number of nitrogens with zero attached hydrogens (tertiary/aromatic N) is 5. The molecule has 0 fully saturated rings. The van der Waals surface area contributed by atoms with Crippen LogP contribution >= 0.6 is 0 Å². The average molecular weight is 396 g/mol. The zero-order chi connectivity index (χ0) is 20.9. The van der Waals surface area contributed by atoms with Gasteiger partial charge in [0.25, 0.3) is 5.91 Å². The summed E-state index contributed by atoms with van der Waals surface area (Å²) in [7, 11) is 3.28. The number of amides is 1. The summed E-state index contributed by atoms with van der Waals surface area (Å²) in [6.07, 6.45) is 2.66. The second-order valence-electron chi connectivity index (χ2n) is 6.87. The van der Waals surface area contributed by atoms with Crippen LogP contribution in [0.3, 0.4) is 0 Å². The SMILES string of the molecule is C[C@H](c1ccc(F)cn1)N(C)C(=O)c1cc2c(cc1F)nc(N)c1cnn(C)c12. The van der Waals surface area contributed by atoms with Crippen molar-refractivity contribution >= 4 is 33.5 Å². The van der Waals surface area contributed by atoms with Crippen molar-refractivity contribution in [3.63, 3.8) is 0 Å². The van der Waals surface area contributed by atoms with E-state index in [2.05, 4.69) is 15.1 Å². The molecule has 1 aromatic carbocycles. The second kappa shape index (κ2) is 6.77. The average Bonchev–Trinajstić information content (AvgIpc) is 3.09. The third-order valence-corrected chi connectivity index (χ3v) is 5.11. The molecule has 0 saturated carbocycles. The van der Waals surface area contributed by atoms with Crippen LogP contribution in [0.4, 0.5) is 14.6 Å². The van der Waals surface area contributed by atoms with E-state index < -0.39 is 23.6 Å². The number of aryl methyl sites for hydroxylation is 1. The number of anilines is 1. The number of aromatic nitrogens is 4. The molecule has 0 unspecified atom stereocenters. The predicted molar refractivity (Wildman–Crippen MR) is 105 cm³/mol. The highest BCUT2D eigenvalue weighted by Crippen LogP contribution is 2.30. The maximum Gasteiger partial charge on any atom is 0.257 e. The summed E-state index contributed by atoms with van der Waals surface area (Å²) in [5.41, 5.74) is 7.34. The van der Waals surface area contributed by atoms with Crippen LogP contribution in [-0.2, 0) is 7.05 Å². The molecule has 0 saturated heterocycles. The molecule has 148 valence electrons. The van der Waals surface area contributed by atoms with Crippen molar-refractivity contribution in [2.75, 3.05) is 12.8 Å². The summed E-state index contributed by atoms with van der Waals surface area (Å²) in [5.74, 6) is -1.47. The number of nitrogen functional groups attached to an aromatic ring is 1. The van der Waals surface area contributed by atoms with Crippen molar-refractivity contribution in [2.24, 2.45) is 7.05 Å². The number of benzene rings is 1. The van der Waals surface area contributed by atoms with Crippen LogP contribution in [0.15, 0.2) is 36.7 Å². The van der Waals surface area contributed by atoms with Gasteiger partial charge in [-0.05, 0) is 25.1 Å². The van der Waals surface area contributed by atoms with Crippen LogP contribution in [0, 0.1) is 11.6 Å². The number of halogens is 2. The number of carbonyl (C=O) groups is 1. The smallest absolute Gasteiger partial charge is 0.257 e. The Morgan fingerprint density at radius 2 is 1.97 bits per heavy atom. The Bertz CT molecular complexity index is 1250. The largest absolute Gasteiger partial charge is 0.383 e. The molecule has 1 amide bonds. The standard InChI is InChI=1S/C20H18F2N6O/c1-10(16-5-4-11(21)8-24-16)27(2)20(29)12-6-13-17(7-15(12)22)26-19(23)14-9-25-28(3)18(13)14/h4-10H,1-3H3,(H2,23,26)/t10-/m1/s1. The van der Waals surface area contributed by atoms with Crippen molar-refractivity contribution < 1.29 is 13.6 Å².